The molecule has 0 radical (unpaired) electrons. The number of benzene rings is 3. The van der Waals surface area contributed by atoms with Gasteiger partial charge in [0.15, 0.2) is 0 Å². The molecular weight excluding hydrogens is 405 g/mol. The molecule has 1 aliphatic heterocycles. The normalized spacial score (nSPS) is 18.0. The number of hydrogen-bond acceptors (Lipinski definition) is 4. The number of Topliss-reactive ketones (excluding diaryl/α,β-unsaturated/α-hetero) is 1. The average Bonchev–Trinajstić information content (AvgIpc) is 3.33. The first-order valence-electron chi connectivity index (χ1n) is 11.1. The number of nitrogens with one attached hydrogen (secondary N) is 1. The zero-order valence-electron chi connectivity index (χ0n) is 18.2. The van der Waals surface area contributed by atoms with Crippen LogP contribution in [0.1, 0.15) is 42.4 Å². The van der Waals surface area contributed by atoms with Gasteiger partial charge in [-0.3, -0.25) is 4.79 Å². The molecule has 0 aliphatic carbocycles. The predicted octanol–water partition coefficient (Wildman–Crippen LogP) is 4.99. The van der Waals surface area contributed by atoms with Crippen LogP contribution in [0, 0.1) is 5.82 Å². The zero-order chi connectivity index (χ0) is 22.5. The van der Waals surface area contributed by atoms with Crippen LogP contribution in [0.5, 0.6) is 5.75 Å². The highest BCUT2D eigenvalue weighted by atomic mass is 19.1. The Morgan fingerprint density at radius 1 is 1.09 bits per heavy atom. The summed E-state index contributed by atoms with van der Waals surface area (Å²) < 4.78 is 20.6. The molecule has 0 spiro atoms. The second kappa shape index (κ2) is 10.1. The number of ketones is 1. The Bertz CT molecular complexity index is 1060. The Kier molecular flexibility index (Phi) is 6.98. The van der Waals surface area contributed by atoms with Crippen molar-refractivity contribution in [2.24, 2.45) is 0 Å². The number of carbonyl (C=O) groups excluding carboxylic acids is 1. The molecule has 1 saturated heterocycles. The fourth-order valence-corrected chi connectivity index (χ4v) is 4.35. The summed E-state index contributed by atoms with van der Waals surface area (Å²) in [6.07, 6.45) is 1.47. The lowest BCUT2D eigenvalue weighted by Gasteiger charge is -2.19. The molecule has 2 atom stereocenters. The summed E-state index contributed by atoms with van der Waals surface area (Å²) in [4.78, 5) is 12.2. The van der Waals surface area contributed by atoms with E-state index in [2.05, 4.69) is 5.32 Å². The number of hydrogen-bond donors (Lipinski definition) is 2. The Balaban J connectivity index is 1.49. The molecule has 0 saturated carbocycles. The van der Waals surface area contributed by atoms with Crippen molar-refractivity contribution in [3.8, 4) is 16.9 Å². The molecular formula is C27H28FNO3. The van der Waals surface area contributed by atoms with Gasteiger partial charge in [-0.15, -0.1) is 0 Å². The molecule has 1 heterocycles. The minimum Gasteiger partial charge on any atom is -0.489 e. The van der Waals surface area contributed by atoms with Crippen molar-refractivity contribution in [3.63, 3.8) is 0 Å². The third kappa shape index (κ3) is 4.74. The highest BCUT2D eigenvalue weighted by Gasteiger charge is 2.32. The van der Waals surface area contributed by atoms with Crippen LogP contribution in [0.4, 0.5) is 4.39 Å². The van der Waals surface area contributed by atoms with Gasteiger partial charge in [0.1, 0.15) is 24.0 Å². The van der Waals surface area contributed by atoms with Crippen molar-refractivity contribution in [1.82, 2.24) is 5.32 Å². The monoisotopic (exact) mass is 433 g/mol. The molecule has 32 heavy (non-hydrogen) atoms. The fraction of sp³-hybridized carbons (Fsp3) is 0.296. The van der Waals surface area contributed by atoms with Crippen LogP contribution in [-0.4, -0.2) is 23.5 Å². The molecule has 3 aromatic rings. The van der Waals surface area contributed by atoms with Crippen molar-refractivity contribution in [3.05, 3.63) is 89.2 Å². The quantitative estimate of drug-likeness (QED) is 0.526. The van der Waals surface area contributed by atoms with E-state index in [1.54, 1.807) is 6.07 Å². The topological polar surface area (TPSA) is 58.6 Å². The Labute approximate surface area is 188 Å². The van der Waals surface area contributed by atoms with Crippen LogP contribution in [0.3, 0.4) is 0 Å². The summed E-state index contributed by atoms with van der Waals surface area (Å²) in [7, 11) is 0. The lowest BCUT2D eigenvalue weighted by Crippen LogP contribution is -2.34. The van der Waals surface area contributed by atoms with E-state index in [0.29, 0.717) is 17.7 Å². The Morgan fingerprint density at radius 3 is 2.53 bits per heavy atom. The van der Waals surface area contributed by atoms with Crippen LogP contribution in [0.2, 0.25) is 0 Å². The molecule has 0 aromatic heterocycles. The molecule has 4 nitrogen and oxygen atoms in total. The number of halogens is 1. The minimum atomic E-state index is -0.316. The lowest BCUT2D eigenvalue weighted by atomic mass is 9.89. The molecule has 1 aliphatic rings. The van der Waals surface area contributed by atoms with Gasteiger partial charge in [-0.25, -0.2) is 4.39 Å². The van der Waals surface area contributed by atoms with E-state index in [1.165, 1.54) is 6.07 Å². The van der Waals surface area contributed by atoms with E-state index < -0.39 is 0 Å². The summed E-state index contributed by atoms with van der Waals surface area (Å²) in [6, 6.07) is 20.1. The molecule has 4 rings (SSSR count). The van der Waals surface area contributed by atoms with Gasteiger partial charge in [0, 0.05) is 17.9 Å². The van der Waals surface area contributed by atoms with E-state index >= 15 is 0 Å². The smallest absolute Gasteiger partial charge is 0.150 e. The molecule has 166 valence electrons. The molecule has 2 N–H and O–H groups in total. The molecule has 5 heteroatoms. The van der Waals surface area contributed by atoms with E-state index in [0.717, 1.165) is 35.2 Å². The molecule has 1 fully saturated rings. The maximum atomic E-state index is 14.6. The molecule has 1 unspecified atom stereocenters. The average molecular weight is 434 g/mol. The van der Waals surface area contributed by atoms with Gasteiger partial charge in [-0.1, -0.05) is 55.5 Å². The first kappa shape index (κ1) is 22.2. The molecule has 0 bridgehead atoms. The lowest BCUT2D eigenvalue weighted by molar-refractivity contribution is -0.120. The zero-order valence-corrected chi connectivity index (χ0v) is 18.2. The summed E-state index contributed by atoms with van der Waals surface area (Å²) >= 11 is 0. The second-order valence-corrected chi connectivity index (χ2v) is 8.13. The van der Waals surface area contributed by atoms with Gasteiger partial charge in [0.25, 0.3) is 0 Å². The molecule has 3 aromatic carbocycles. The summed E-state index contributed by atoms with van der Waals surface area (Å²) in [5.74, 6) is 0.759. The first-order valence-corrected chi connectivity index (χ1v) is 11.1. The highest BCUT2D eigenvalue weighted by Crippen LogP contribution is 2.31. The number of ether oxygens (including phenoxy) is 1. The highest BCUT2D eigenvalue weighted by molar-refractivity contribution is 5.85. The maximum absolute atomic E-state index is 14.6. The fourth-order valence-electron chi connectivity index (χ4n) is 4.35. The standard InChI is InChI=1S/C27H28FNO3/c1-2-26(31)27-23(14-15-29-27)20-10-12-21(13-11-20)32-17-24-22(4-3-5-25(24)28)19-8-6-18(16-30)7-9-19/h3-13,23,27,29-30H,2,14-17H2,1H3/t23?,27-/m0/s1. The van der Waals surface area contributed by atoms with Crippen LogP contribution in [0.15, 0.2) is 66.7 Å². The molecule has 0 amide bonds. The van der Waals surface area contributed by atoms with Crippen LogP contribution < -0.4 is 10.1 Å². The van der Waals surface area contributed by atoms with Gasteiger partial charge in [-0.05, 0) is 53.4 Å². The summed E-state index contributed by atoms with van der Waals surface area (Å²) in [5.41, 5.74) is 4.05. The van der Waals surface area contributed by atoms with E-state index in [-0.39, 0.29) is 36.8 Å². The van der Waals surface area contributed by atoms with Crippen molar-refractivity contribution in [1.29, 1.82) is 0 Å². The van der Waals surface area contributed by atoms with Crippen LogP contribution in [0.25, 0.3) is 11.1 Å². The number of aliphatic hydroxyl groups is 1. The van der Waals surface area contributed by atoms with E-state index in [1.807, 2.05) is 61.5 Å². The Hall–Kier alpha value is -3.02. The van der Waals surface area contributed by atoms with Gasteiger partial charge in [0.05, 0.1) is 12.6 Å². The van der Waals surface area contributed by atoms with Crippen molar-refractivity contribution in [2.75, 3.05) is 6.54 Å². The number of rotatable bonds is 8. The SMILES string of the molecule is CCC(=O)[C@H]1NCCC1c1ccc(OCc2c(F)cccc2-c2ccc(CO)cc2)cc1. The van der Waals surface area contributed by atoms with Crippen molar-refractivity contribution < 1.29 is 19.0 Å². The van der Waals surface area contributed by atoms with Gasteiger partial charge in [0.2, 0.25) is 0 Å². The summed E-state index contributed by atoms with van der Waals surface area (Å²) in [5, 5.41) is 12.6. The second-order valence-electron chi connectivity index (χ2n) is 8.13. The van der Waals surface area contributed by atoms with E-state index in [4.69, 9.17) is 4.74 Å². The minimum absolute atomic E-state index is 0.0281. The van der Waals surface area contributed by atoms with Gasteiger partial charge < -0.3 is 15.2 Å². The van der Waals surface area contributed by atoms with Crippen molar-refractivity contribution in [2.45, 2.75) is 44.9 Å². The predicted molar refractivity (Wildman–Crippen MR) is 123 cm³/mol. The third-order valence-corrected chi connectivity index (χ3v) is 6.18. The number of aliphatic hydroxyl groups excluding tert-OH is 1. The summed E-state index contributed by atoms with van der Waals surface area (Å²) in [6.45, 7) is 2.81. The first-order chi connectivity index (χ1) is 15.6. The third-order valence-electron chi connectivity index (χ3n) is 6.18. The van der Waals surface area contributed by atoms with Crippen molar-refractivity contribution >= 4 is 5.78 Å². The van der Waals surface area contributed by atoms with Crippen LogP contribution >= 0.6 is 0 Å². The maximum Gasteiger partial charge on any atom is 0.150 e. The largest absolute Gasteiger partial charge is 0.489 e. The van der Waals surface area contributed by atoms with E-state index in [9.17, 15) is 14.3 Å². The van der Waals surface area contributed by atoms with Gasteiger partial charge >= 0.3 is 0 Å². The number of carbonyl (C=O) groups is 1. The van der Waals surface area contributed by atoms with Gasteiger partial charge in [-0.2, -0.15) is 0 Å². The van der Waals surface area contributed by atoms with Crippen LogP contribution in [-0.2, 0) is 18.0 Å². The Morgan fingerprint density at radius 2 is 1.84 bits per heavy atom.